The molecule has 0 unspecified atom stereocenters. The Morgan fingerprint density at radius 1 is 1.29 bits per heavy atom. The van der Waals surface area contributed by atoms with Gasteiger partial charge >= 0.3 is 0 Å². The Morgan fingerprint density at radius 2 is 2.04 bits per heavy atom. The number of piperazine rings is 1. The van der Waals surface area contributed by atoms with Crippen molar-refractivity contribution in [3.05, 3.63) is 10.4 Å². The zero-order valence-corrected chi connectivity index (χ0v) is 15.1. The van der Waals surface area contributed by atoms with Gasteiger partial charge in [-0.15, -0.1) is 5.92 Å². The number of nitrogens with one attached hydrogen (secondary N) is 1. The van der Waals surface area contributed by atoms with Crippen LogP contribution in [0.15, 0.2) is 9.95 Å². The molecule has 0 atom stereocenters. The normalized spacial score (nSPS) is 14.7. The summed E-state index contributed by atoms with van der Waals surface area (Å²) < 4.78 is 3.52. The Morgan fingerprint density at radius 3 is 2.71 bits per heavy atom. The van der Waals surface area contributed by atoms with Crippen LogP contribution in [0.4, 0.5) is 5.95 Å². The predicted octanol–water partition coefficient (Wildman–Crippen LogP) is 0.675. The van der Waals surface area contributed by atoms with E-state index in [2.05, 4.69) is 32.0 Å². The zero-order valence-electron chi connectivity index (χ0n) is 14.3. The van der Waals surface area contributed by atoms with Crippen molar-refractivity contribution in [3.8, 4) is 11.8 Å². The lowest BCUT2D eigenvalue weighted by atomic mass is 10.4. The first-order chi connectivity index (χ1) is 11.7. The van der Waals surface area contributed by atoms with Crippen LogP contribution in [0.3, 0.4) is 0 Å². The Labute approximate surface area is 145 Å². The van der Waals surface area contributed by atoms with Crippen molar-refractivity contribution in [2.24, 2.45) is 7.05 Å². The van der Waals surface area contributed by atoms with E-state index < -0.39 is 0 Å². The highest BCUT2D eigenvalue weighted by atomic mass is 32.2. The molecule has 128 valence electrons. The average Bonchev–Trinajstić information content (AvgIpc) is 2.97. The SMILES string of the molecule is CC#CCn1c(N2CCNCC2)nc2nc(SCC)n(C)c(=O)c21. The van der Waals surface area contributed by atoms with Crippen LogP contribution in [0.1, 0.15) is 13.8 Å². The highest BCUT2D eigenvalue weighted by molar-refractivity contribution is 7.99. The van der Waals surface area contributed by atoms with Gasteiger partial charge in [-0.2, -0.15) is 4.98 Å². The fourth-order valence-electron chi connectivity index (χ4n) is 2.80. The maximum atomic E-state index is 12.9. The van der Waals surface area contributed by atoms with Crippen molar-refractivity contribution in [2.75, 3.05) is 36.8 Å². The van der Waals surface area contributed by atoms with Crippen LogP contribution in [0, 0.1) is 11.8 Å². The van der Waals surface area contributed by atoms with Gasteiger partial charge in [0.2, 0.25) is 5.95 Å². The lowest BCUT2D eigenvalue weighted by Gasteiger charge is -2.28. The average molecular weight is 346 g/mol. The first-order valence-electron chi connectivity index (χ1n) is 8.12. The van der Waals surface area contributed by atoms with Crippen molar-refractivity contribution in [1.82, 2.24) is 24.4 Å². The highest BCUT2D eigenvalue weighted by Crippen LogP contribution is 2.22. The van der Waals surface area contributed by atoms with Gasteiger partial charge in [0.1, 0.15) is 0 Å². The van der Waals surface area contributed by atoms with Crippen LogP contribution in [-0.4, -0.2) is 51.0 Å². The van der Waals surface area contributed by atoms with Crippen LogP contribution in [0.2, 0.25) is 0 Å². The molecule has 1 N–H and O–H groups in total. The molecule has 1 saturated heterocycles. The summed E-state index contributed by atoms with van der Waals surface area (Å²) in [5.41, 5.74) is 0.984. The molecule has 0 amide bonds. The minimum Gasteiger partial charge on any atom is -0.340 e. The van der Waals surface area contributed by atoms with E-state index in [1.54, 1.807) is 30.3 Å². The number of thioether (sulfide) groups is 1. The maximum Gasteiger partial charge on any atom is 0.280 e. The summed E-state index contributed by atoms with van der Waals surface area (Å²) in [5, 5.41) is 4.04. The first-order valence-corrected chi connectivity index (χ1v) is 9.11. The highest BCUT2D eigenvalue weighted by Gasteiger charge is 2.22. The van der Waals surface area contributed by atoms with E-state index in [9.17, 15) is 4.79 Å². The van der Waals surface area contributed by atoms with Crippen LogP contribution in [0.5, 0.6) is 0 Å². The fraction of sp³-hybridized carbons (Fsp3) is 0.562. The van der Waals surface area contributed by atoms with Gasteiger partial charge in [0.15, 0.2) is 16.3 Å². The molecule has 1 aliphatic rings. The number of imidazole rings is 1. The molecule has 0 bridgehead atoms. The quantitative estimate of drug-likeness (QED) is 0.499. The molecule has 8 heteroatoms. The molecule has 0 spiro atoms. The summed E-state index contributed by atoms with van der Waals surface area (Å²) in [4.78, 5) is 24.4. The molecule has 2 aromatic heterocycles. The Hall–Kier alpha value is -1.98. The van der Waals surface area contributed by atoms with Crippen LogP contribution < -0.4 is 15.8 Å². The zero-order chi connectivity index (χ0) is 17.1. The van der Waals surface area contributed by atoms with E-state index in [0.717, 1.165) is 37.9 Å². The molecule has 24 heavy (non-hydrogen) atoms. The largest absolute Gasteiger partial charge is 0.340 e. The summed E-state index contributed by atoms with van der Waals surface area (Å²) >= 11 is 1.55. The monoisotopic (exact) mass is 346 g/mol. The lowest BCUT2D eigenvalue weighted by Crippen LogP contribution is -2.44. The predicted molar refractivity (Wildman–Crippen MR) is 97.7 cm³/mol. The molecule has 3 rings (SSSR count). The van der Waals surface area contributed by atoms with Crippen molar-refractivity contribution < 1.29 is 0 Å². The minimum atomic E-state index is -0.0669. The fourth-order valence-corrected chi connectivity index (χ4v) is 3.49. The van der Waals surface area contributed by atoms with E-state index in [1.807, 2.05) is 11.5 Å². The van der Waals surface area contributed by atoms with E-state index in [-0.39, 0.29) is 5.56 Å². The summed E-state index contributed by atoms with van der Waals surface area (Å²) in [7, 11) is 1.76. The van der Waals surface area contributed by atoms with E-state index in [4.69, 9.17) is 0 Å². The second-order valence-electron chi connectivity index (χ2n) is 5.53. The second-order valence-corrected chi connectivity index (χ2v) is 6.76. The summed E-state index contributed by atoms with van der Waals surface area (Å²) in [5.74, 6) is 7.61. The molecular weight excluding hydrogens is 324 g/mol. The maximum absolute atomic E-state index is 12.9. The second kappa shape index (κ2) is 7.28. The van der Waals surface area contributed by atoms with Crippen molar-refractivity contribution in [1.29, 1.82) is 0 Å². The van der Waals surface area contributed by atoms with Gasteiger partial charge in [-0.1, -0.05) is 24.6 Å². The molecule has 1 fully saturated rings. The Bertz CT molecular complexity index is 853. The molecule has 3 heterocycles. The van der Waals surface area contributed by atoms with Gasteiger partial charge < -0.3 is 10.2 Å². The number of hydrogen-bond donors (Lipinski definition) is 1. The molecule has 0 saturated carbocycles. The smallest absolute Gasteiger partial charge is 0.280 e. The third-order valence-corrected chi connectivity index (χ3v) is 4.92. The van der Waals surface area contributed by atoms with Gasteiger partial charge in [0.25, 0.3) is 5.56 Å². The summed E-state index contributed by atoms with van der Waals surface area (Å²) in [6, 6.07) is 0. The van der Waals surface area contributed by atoms with E-state index in [0.29, 0.717) is 22.9 Å². The lowest BCUT2D eigenvalue weighted by molar-refractivity contribution is 0.573. The topological polar surface area (TPSA) is 68.0 Å². The van der Waals surface area contributed by atoms with Gasteiger partial charge in [-0.3, -0.25) is 13.9 Å². The number of fused-ring (bicyclic) bond motifs is 1. The van der Waals surface area contributed by atoms with Gasteiger partial charge in [0, 0.05) is 33.2 Å². The molecular formula is C16H22N6OS. The first kappa shape index (κ1) is 16.9. The van der Waals surface area contributed by atoms with E-state index in [1.165, 1.54) is 0 Å². The summed E-state index contributed by atoms with van der Waals surface area (Å²) in [6.45, 7) is 7.83. The van der Waals surface area contributed by atoms with Crippen LogP contribution in [-0.2, 0) is 13.6 Å². The van der Waals surface area contributed by atoms with Gasteiger partial charge in [0.05, 0.1) is 6.54 Å². The Kier molecular flexibility index (Phi) is 5.11. The minimum absolute atomic E-state index is 0.0669. The molecule has 0 aliphatic carbocycles. The van der Waals surface area contributed by atoms with E-state index >= 15 is 0 Å². The van der Waals surface area contributed by atoms with Crippen molar-refractivity contribution in [3.63, 3.8) is 0 Å². The summed E-state index contributed by atoms with van der Waals surface area (Å²) in [6.07, 6.45) is 0. The number of nitrogens with zero attached hydrogens (tertiary/aromatic N) is 5. The third-order valence-electron chi connectivity index (χ3n) is 4.01. The van der Waals surface area contributed by atoms with Crippen molar-refractivity contribution in [2.45, 2.75) is 25.5 Å². The number of hydrogen-bond acceptors (Lipinski definition) is 6. The number of rotatable bonds is 4. The molecule has 7 nitrogen and oxygen atoms in total. The molecule has 0 aromatic carbocycles. The third kappa shape index (κ3) is 3.01. The van der Waals surface area contributed by atoms with Crippen molar-refractivity contribution >= 4 is 28.9 Å². The van der Waals surface area contributed by atoms with Crippen LogP contribution in [0.25, 0.3) is 11.2 Å². The van der Waals surface area contributed by atoms with Gasteiger partial charge in [-0.25, -0.2) is 4.98 Å². The standard InChI is InChI=1S/C16H22N6OS/c1-4-6-9-22-12-13(18-15(22)21-10-7-17-8-11-21)19-16(24-5-2)20(3)14(12)23/h17H,5,7-11H2,1-3H3. The van der Waals surface area contributed by atoms with Gasteiger partial charge in [-0.05, 0) is 12.7 Å². The Balaban J connectivity index is 2.20. The number of aromatic nitrogens is 4. The number of anilines is 1. The molecule has 0 radical (unpaired) electrons. The molecule has 2 aromatic rings. The van der Waals surface area contributed by atoms with Crippen LogP contribution >= 0.6 is 11.8 Å². The molecule has 1 aliphatic heterocycles.